The van der Waals surface area contributed by atoms with Gasteiger partial charge in [-0.3, -0.25) is 19.3 Å². The van der Waals surface area contributed by atoms with E-state index in [1.807, 2.05) is 26.0 Å². The van der Waals surface area contributed by atoms with Gasteiger partial charge in [0.25, 0.3) is 11.1 Å². The Morgan fingerprint density at radius 1 is 1.15 bits per heavy atom. The smallest absolute Gasteiger partial charge is 0.294 e. The zero-order chi connectivity index (χ0) is 19.6. The molecule has 0 atom stereocenters. The van der Waals surface area contributed by atoms with E-state index >= 15 is 0 Å². The molecule has 0 saturated carbocycles. The largest absolute Gasteiger partial charge is 0.508 e. The number of imide groups is 1. The molecule has 1 aliphatic heterocycles. The van der Waals surface area contributed by atoms with Crippen LogP contribution in [-0.4, -0.2) is 33.6 Å². The first-order valence-corrected chi connectivity index (χ1v) is 9.06. The number of thioether (sulfide) groups is 1. The van der Waals surface area contributed by atoms with E-state index in [-0.39, 0.29) is 17.2 Å². The molecule has 0 unspecified atom stereocenters. The van der Waals surface area contributed by atoms with Gasteiger partial charge in [0.2, 0.25) is 5.91 Å². The molecule has 2 aromatic carbocycles. The number of nitrogens with one attached hydrogen (secondary N) is 1. The minimum absolute atomic E-state index is 0.114. The third-order valence-electron chi connectivity index (χ3n) is 4.02. The monoisotopic (exact) mass is 382 g/mol. The lowest BCUT2D eigenvalue weighted by Gasteiger charge is -2.14. The van der Waals surface area contributed by atoms with Crippen LogP contribution in [0.5, 0.6) is 5.75 Å². The second-order valence-corrected chi connectivity index (χ2v) is 7.22. The topological polar surface area (TPSA) is 86.7 Å². The fourth-order valence-electron chi connectivity index (χ4n) is 2.65. The molecule has 7 heteroatoms. The molecule has 6 nitrogen and oxygen atoms in total. The van der Waals surface area contributed by atoms with E-state index in [4.69, 9.17) is 0 Å². The normalized spacial score (nSPS) is 15.5. The van der Waals surface area contributed by atoms with Gasteiger partial charge in [-0.1, -0.05) is 29.8 Å². The van der Waals surface area contributed by atoms with Gasteiger partial charge in [0.1, 0.15) is 12.3 Å². The number of hydrogen-bond acceptors (Lipinski definition) is 5. The van der Waals surface area contributed by atoms with Crippen LogP contribution in [0.1, 0.15) is 16.7 Å². The predicted molar refractivity (Wildman–Crippen MR) is 105 cm³/mol. The first kappa shape index (κ1) is 18.7. The molecular formula is C20H18N2O4S. The molecule has 2 N–H and O–H groups in total. The molecule has 0 spiro atoms. The van der Waals surface area contributed by atoms with Crippen molar-refractivity contribution < 1.29 is 19.5 Å². The number of phenols is 1. The number of carbonyl (C=O) groups is 3. The van der Waals surface area contributed by atoms with Crippen molar-refractivity contribution in [1.29, 1.82) is 0 Å². The van der Waals surface area contributed by atoms with Crippen molar-refractivity contribution in [2.45, 2.75) is 13.8 Å². The van der Waals surface area contributed by atoms with Crippen molar-refractivity contribution >= 4 is 40.6 Å². The molecule has 0 aliphatic carbocycles. The van der Waals surface area contributed by atoms with Crippen LogP contribution in [-0.2, 0) is 9.59 Å². The summed E-state index contributed by atoms with van der Waals surface area (Å²) >= 11 is 0.790. The molecule has 0 bridgehead atoms. The number of benzene rings is 2. The Kier molecular flexibility index (Phi) is 5.32. The lowest BCUT2D eigenvalue weighted by atomic mass is 10.1. The third-order valence-corrected chi connectivity index (χ3v) is 4.93. The first-order chi connectivity index (χ1) is 12.8. The van der Waals surface area contributed by atoms with Crippen molar-refractivity contribution in [3.05, 3.63) is 64.1 Å². The summed E-state index contributed by atoms with van der Waals surface area (Å²) in [7, 11) is 0. The highest BCUT2D eigenvalue weighted by molar-refractivity contribution is 8.18. The van der Waals surface area contributed by atoms with Crippen LogP contribution in [0, 0.1) is 13.8 Å². The van der Waals surface area contributed by atoms with Crippen molar-refractivity contribution in [3.8, 4) is 5.75 Å². The number of hydrogen-bond donors (Lipinski definition) is 2. The minimum atomic E-state index is -0.506. The molecule has 3 rings (SSSR count). The molecule has 1 heterocycles. The molecule has 1 saturated heterocycles. The number of anilines is 1. The molecular weight excluding hydrogens is 364 g/mol. The summed E-state index contributed by atoms with van der Waals surface area (Å²) < 4.78 is 0. The van der Waals surface area contributed by atoms with Gasteiger partial charge < -0.3 is 10.4 Å². The molecule has 0 aromatic heterocycles. The van der Waals surface area contributed by atoms with Crippen molar-refractivity contribution in [2.24, 2.45) is 0 Å². The van der Waals surface area contributed by atoms with Gasteiger partial charge in [-0.05, 0) is 61.0 Å². The summed E-state index contributed by atoms with van der Waals surface area (Å²) in [6.45, 7) is 3.49. The van der Waals surface area contributed by atoms with Crippen molar-refractivity contribution in [3.63, 3.8) is 0 Å². The molecule has 2 aromatic rings. The van der Waals surface area contributed by atoms with Crippen LogP contribution in [0.4, 0.5) is 10.5 Å². The molecule has 138 valence electrons. The van der Waals surface area contributed by atoms with E-state index in [0.717, 1.165) is 27.8 Å². The lowest BCUT2D eigenvalue weighted by Crippen LogP contribution is -2.36. The van der Waals surface area contributed by atoms with Gasteiger partial charge in [-0.15, -0.1) is 0 Å². The average Bonchev–Trinajstić information content (AvgIpc) is 2.87. The standard InChI is InChI=1S/C20H18N2O4S/c1-12-3-8-16(13(2)9-12)21-18(24)11-22-19(25)17(27-20(22)26)10-14-4-6-15(23)7-5-14/h3-10,23H,11H2,1-2H3,(H,21,24). The minimum Gasteiger partial charge on any atom is -0.508 e. The van der Waals surface area contributed by atoms with E-state index in [0.29, 0.717) is 11.3 Å². The zero-order valence-electron chi connectivity index (χ0n) is 14.9. The number of nitrogens with zero attached hydrogens (tertiary/aromatic N) is 1. The zero-order valence-corrected chi connectivity index (χ0v) is 15.7. The molecule has 3 amide bonds. The van der Waals surface area contributed by atoms with Crippen LogP contribution in [0.3, 0.4) is 0 Å². The van der Waals surface area contributed by atoms with E-state index in [1.54, 1.807) is 24.3 Å². The highest BCUT2D eigenvalue weighted by atomic mass is 32.2. The van der Waals surface area contributed by atoms with Crippen LogP contribution in [0.2, 0.25) is 0 Å². The first-order valence-electron chi connectivity index (χ1n) is 8.25. The van der Waals surface area contributed by atoms with E-state index < -0.39 is 17.1 Å². The Hall–Kier alpha value is -3.06. The second kappa shape index (κ2) is 7.67. The molecule has 27 heavy (non-hydrogen) atoms. The quantitative estimate of drug-likeness (QED) is 0.788. The number of aromatic hydroxyl groups is 1. The maximum absolute atomic E-state index is 12.5. The Bertz CT molecular complexity index is 951. The van der Waals surface area contributed by atoms with Crippen molar-refractivity contribution in [2.75, 3.05) is 11.9 Å². The summed E-state index contributed by atoms with van der Waals surface area (Å²) in [5.74, 6) is -0.827. The summed E-state index contributed by atoms with van der Waals surface area (Å²) in [4.78, 5) is 38.1. The van der Waals surface area contributed by atoms with Gasteiger partial charge in [-0.25, -0.2) is 0 Å². The number of rotatable bonds is 4. The predicted octanol–water partition coefficient (Wildman–Crippen LogP) is 3.68. The second-order valence-electron chi connectivity index (χ2n) is 6.23. The van der Waals surface area contributed by atoms with Gasteiger partial charge in [0, 0.05) is 5.69 Å². The molecule has 1 fully saturated rings. The number of amides is 3. The maximum atomic E-state index is 12.5. The highest BCUT2D eigenvalue weighted by Gasteiger charge is 2.36. The van der Waals surface area contributed by atoms with Gasteiger partial charge in [0.15, 0.2) is 0 Å². The Balaban J connectivity index is 1.69. The van der Waals surface area contributed by atoms with Crippen LogP contribution >= 0.6 is 11.8 Å². The summed E-state index contributed by atoms with van der Waals surface area (Å²) in [6, 6.07) is 11.9. The summed E-state index contributed by atoms with van der Waals surface area (Å²) in [5.41, 5.74) is 3.32. The van der Waals surface area contributed by atoms with Gasteiger partial charge >= 0.3 is 0 Å². The average molecular weight is 382 g/mol. The number of phenolic OH excluding ortho intramolecular Hbond substituents is 1. The Morgan fingerprint density at radius 3 is 2.52 bits per heavy atom. The van der Waals surface area contributed by atoms with E-state index in [2.05, 4.69) is 5.32 Å². The Morgan fingerprint density at radius 2 is 1.85 bits per heavy atom. The van der Waals surface area contributed by atoms with Crippen LogP contribution < -0.4 is 5.32 Å². The fourth-order valence-corrected chi connectivity index (χ4v) is 3.48. The van der Waals surface area contributed by atoms with Crippen LogP contribution in [0.25, 0.3) is 6.08 Å². The fraction of sp³-hybridized carbons (Fsp3) is 0.150. The van der Waals surface area contributed by atoms with Gasteiger partial charge in [0.05, 0.1) is 4.91 Å². The Labute approximate surface area is 160 Å². The van der Waals surface area contributed by atoms with Crippen LogP contribution in [0.15, 0.2) is 47.4 Å². The maximum Gasteiger partial charge on any atom is 0.294 e. The SMILES string of the molecule is Cc1ccc(NC(=O)CN2C(=O)SC(=Cc3ccc(O)cc3)C2=O)c(C)c1. The molecule has 0 radical (unpaired) electrons. The highest BCUT2D eigenvalue weighted by Crippen LogP contribution is 2.32. The number of aryl methyl sites for hydroxylation is 2. The number of carbonyl (C=O) groups excluding carboxylic acids is 3. The summed E-state index contributed by atoms with van der Waals surface area (Å²) in [6.07, 6.45) is 1.56. The summed E-state index contributed by atoms with van der Waals surface area (Å²) in [5, 5.41) is 11.6. The van der Waals surface area contributed by atoms with Gasteiger partial charge in [-0.2, -0.15) is 0 Å². The lowest BCUT2D eigenvalue weighted by molar-refractivity contribution is -0.127. The van der Waals surface area contributed by atoms with Crippen molar-refractivity contribution in [1.82, 2.24) is 4.90 Å². The third kappa shape index (κ3) is 4.38. The van der Waals surface area contributed by atoms with E-state index in [1.165, 1.54) is 12.1 Å². The van der Waals surface area contributed by atoms with E-state index in [9.17, 15) is 19.5 Å². The molecule has 1 aliphatic rings.